The maximum Gasteiger partial charge on any atom is 0.330 e. The zero-order chi connectivity index (χ0) is 32.2. The fourth-order valence-electron chi connectivity index (χ4n) is 5.76. The van der Waals surface area contributed by atoms with E-state index in [2.05, 4.69) is 49.4 Å². The molecule has 0 amide bonds. The molecule has 3 heterocycles. The molecule has 1 aromatic carbocycles. The van der Waals surface area contributed by atoms with Crippen LogP contribution < -0.4 is 16.6 Å². The van der Waals surface area contributed by atoms with Gasteiger partial charge in [-0.2, -0.15) is 4.98 Å². The summed E-state index contributed by atoms with van der Waals surface area (Å²) in [6.45, 7) is 12.8. The molecule has 12 nitrogen and oxygen atoms in total. The van der Waals surface area contributed by atoms with E-state index >= 15 is 0 Å². The predicted octanol–water partition coefficient (Wildman–Crippen LogP) is 4.16. The van der Waals surface area contributed by atoms with E-state index in [1.807, 2.05) is 20.8 Å². The van der Waals surface area contributed by atoms with E-state index in [9.17, 15) is 14.5 Å². The summed E-state index contributed by atoms with van der Waals surface area (Å²) in [5.74, 6) is 0.435. The zero-order valence-corrected chi connectivity index (χ0v) is 27.9. The fourth-order valence-corrected chi connectivity index (χ4v) is 7.49. The zero-order valence-electron chi connectivity index (χ0n) is 27.0. The fraction of sp³-hybridized carbons (Fsp3) is 0.594. The summed E-state index contributed by atoms with van der Waals surface area (Å²) in [6.07, 6.45) is 5.64. The summed E-state index contributed by atoms with van der Waals surface area (Å²) in [7, 11) is -2.95. The third kappa shape index (κ3) is 10.1. The number of unbranched alkanes of at least 4 members (excludes halogenated alkanes) is 1. The molecule has 1 aliphatic heterocycles. The van der Waals surface area contributed by atoms with E-state index in [-0.39, 0.29) is 24.2 Å². The number of hydrogen-bond donors (Lipinski definition) is 3. The molecule has 45 heavy (non-hydrogen) atoms. The number of rotatable bonds is 18. The molecule has 1 saturated heterocycles. The monoisotopic (exact) mass is 643 g/mol. The highest BCUT2D eigenvalue weighted by atomic mass is 31.2. The maximum absolute atomic E-state index is 13.5. The molecule has 13 heteroatoms. The van der Waals surface area contributed by atoms with Crippen molar-refractivity contribution < 1.29 is 18.7 Å². The number of nitrogens with two attached hydrogens (primary N) is 1. The Morgan fingerprint density at radius 1 is 0.956 bits per heavy atom. The van der Waals surface area contributed by atoms with Gasteiger partial charge in [-0.25, -0.2) is 4.98 Å². The molecule has 4 rings (SSSR count). The van der Waals surface area contributed by atoms with Crippen LogP contribution in [0.1, 0.15) is 57.6 Å². The van der Waals surface area contributed by atoms with Gasteiger partial charge in [-0.1, -0.05) is 37.6 Å². The predicted molar refractivity (Wildman–Crippen MR) is 180 cm³/mol. The number of aliphatic hydroxyl groups excluding tert-OH is 1. The van der Waals surface area contributed by atoms with Gasteiger partial charge in [0.2, 0.25) is 5.95 Å². The van der Waals surface area contributed by atoms with Gasteiger partial charge in [-0.05, 0) is 56.8 Å². The van der Waals surface area contributed by atoms with Gasteiger partial charge in [-0.15, -0.1) is 0 Å². The minimum atomic E-state index is -2.95. The first-order valence-electron chi connectivity index (χ1n) is 16.2. The number of hydrogen-bond acceptors (Lipinski definition) is 11. The van der Waals surface area contributed by atoms with Crippen molar-refractivity contribution in [2.45, 2.75) is 65.6 Å². The van der Waals surface area contributed by atoms with Crippen LogP contribution in [-0.2, 0) is 26.7 Å². The highest BCUT2D eigenvalue weighted by Gasteiger charge is 2.23. The first kappa shape index (κ1) is 35.0. The lowest BCUT2D eigenvalue weighted by molar-refractivity contribution is 0.126. The highest BCUT2D eigenvalue weighted by molar-refractivity contribution is 7.53. The van der Waals surface area contributed by atoms with Gasteiger partial charge in [0.05, 0.1) is 44.1 Å². The molecule has 1 aliphatic rings. The summed E-state index contributed by atoms with van der Waals surface area (Å²) in [5.41, 5.74) is 8.44. The summed E-state index contributed by atoms with van der Waals surface area (Å²) in [4.78, 5) is 27.0. The lowest BCUT2D eigenvalue weighted by Gasteiger charge is -2.34. The Bertz CT molecular complexity index is 1450. The van der Waals surface area contributed by atoms with Crippen LogP contribution in [-0.4, -0.2) is 94.2 Å². The minimum Gasteiger partial charge on any atom is -0.394 e. The molecule has 0 saturated carbocycles. The van der Waals surface area contributed by atoms with Crippen molar-refractivity contribution in [3.63, 3.8) is 0 Å². The van der Waals surface area contributed by atoms with Gasteiger partial charge in [-0.3, -0.25) is 14.3 Å². The summed E-state index contributed by atoms with van der Waals surface area (Å²) in [5, 5.41) is 13.3. The standard InChI is InChI=1S/C32H50N7O5P/c1-4-9-27(24-40)34-30-29-28(35-32(33)36-30)14-16-39(31(29)41)23-26-12-10-25(11-13-26)22-38-19-17-37(18-20-38)15-7-8-21-45(42,43-5-2)44-6-3/h10-14,16,27,40H,4-9,15,17-24H2,1-3H3,(H3,33,34,35,36)/t27-/m0/s1. The van der Waals surface area contributed by atoms with Gasteiger partial charge >= 0.3 is 7.60 Å². The number of benzene rings is 1. The van der Waals surface area contributed by atoms with Crippen LogP contribution >= 0.6 is 7.60 Å². The smallest absolute Gasteiger partial charge is 0.330 e. The largest absolute Gasteiger partial charge is 0.394 e. The molecule has 2 aromatic heterocycles. The van der Waals surface area contributed by atoms with Crippen molar-refractivity contribution in [3.05, 3.63) is 58.0 Å². The summed E-state index contributed by atoms with van der Waals surface area (Å²) >= 11 is 0. The van der Waals surface area contributed by atoms with Gasteiger partial charge in [0.15, 0.2) is 0 Å². The Kier molecular flexibility index (Phi) is 13.4. The van der Waals surface area contributed by atoms with E-state index < -0.39 is 7.60 Å². The highest BCUT2D eigenvalue weighted by Crippen LogP contribution is 2.48. The van der Waals surface area contributed by atoms with Crippen LogP contribution in [0.2, 0.25) is 0 Å². The first-order valence-corrected chi connectivity index (χ1v) is 17.9. The number of nitrogen functional groups attached to an aromatic ring is 1. The number of pyridine rings is 1. The maximum atomic E-state index is 13.5. The molecule has 0 radical (unpaired) electrons. The molecular weight excluding hydrogens is 593 g/mol. The molecule has 248 valence electrons. The third-order valence-electron chi connectivity index (χ3n) is 8.09. The van der Waals surface area contributed by atoms with Crippen molar-refractivity contribution in [1.82, 2.24) is 24.3 Å². The van der Waals surface area contributed by atoms with E-state index in [1.165, 1.54) is 5.56 Å². The normalized spacial score (nSPS) is 15.5. The molecule has 3 aromatic rings. The molecule has 0 aliphatic carbocycles. The van der Waals surface area contributed by atoms with Crippen molar-refractivity contribution in [1.29, 1.82) is 0 Å². The van der Waals surface area contributed by atoms with Crippen LogP contribution in [0.15, 0.2) is 41.3 Å². The van der Waals surface area contributed by atoms with Gasteiger partial charge in [0.25, 0.3) is 5.56 Å². The number of piperazine rings is 1. The second kappa shape index (κ2) is 17.2. The molecule has 1 atom stereocenters. The average molecular weight is 644 g/mol. The van der Waals surface area contributed by atoms with Crippen molar-refractivity contribution >= 4 is 30.3 Å². The SMILES string of the molecule is CCC[C@@H](CO)Nc1nc(N)nc2ccn(Cc3ccc(CN4CCN(CCCCP(=O)(OCC)OCC)CC4)cc3)c(=O)c12. The number of fused-ring (bicyclic) bond motifs is 1. The quantitative estimate of drug-likeness (QED) is 0.136. The first-order chi connectivity index (χ1) is 21.8. The number of nitrogens with one attached hydrogen (secondary N) is 1. The number of anilines is 2. The second-order valence-electron chi connectivity index (χ2n) is 11.6. The van der Waals surface area contributed by atoms with Crippen molar-refractivity contribution in [3.8, 4) is 0 Å². The lowest BCUT2D eigenvalue weighted by Crippen LogP contribution is -2.46. The second-order valence-corrected chi connectivity index (χ2v) is 13.7. The van der Waals surface area contributed by atoms with Crippen LogP contribution in [0, 0.1) is 0 Å². The number of nitrogens with zero attached hydrogens (tertiary/aromatic N) is 5. The van der Waals surface area contributed by atoms with Crippen molar-refractivity contribution in [2.75, 3.05) is 69.8 Å². The number of aliphatic hydroxyl groups is 1. The van der Waals surface area contributed by atoms with Crippen LogP contribution in [0.5, 0.6) is 0 Å². The Morgan fingerprint density at radius 3 is 2.22 bits per heavy atom. The molecule has 0 bridgehead atoms. The summed E-state index contributed by atoms with van der Waals surface area (Å²) in [6, 6.07) is 9.98. The lowest BCUT2D eigenvalue weighted by atomic mass is 10.1. The van der Waals surface area contributed by atoms with Crippen LogP contribution in [0.3, 0.4) is 0 Å². The van der Waals surface area contributed by atoms with Gasteiger partial charge < -0.3 is 34.7 Å². The summed E-state index contributed by atoms with van der Waals surface area (Å²) < 4.78 is 25.1. The average Bonchev–Trinajstić information content (AvgIpc) is 3.02. The molecule has 4 N–H and O–H groups in total. The molecular formula is C32H50N7O5P. The van der Waals surface area contributed by atoms with E-state index in [0.717, 1.165) is 70.5 Å². The molecule has 1 fully saturated rings. The molecule has 0 spiro atoms. The Morgan fingerprint density at radius 2 is 1.60 bits per heavy atom. The van der Waals surface area contributed by atoms with Gasteiger partial charge in [0, 0.05) is 38.9 Å². The van der Waals surface area contributed by atoms with Crippen molar-refractivity contribution in [2.24, 2.45) is 0 Å². The minimum absolute atomic E-state index is 0.0714. The third-order valence-corrected chi connectivity index (χ3v) is 10.3. The van der Waals surface area contributed by atoms with E-state index in [4.69, 9.17) is 14.8 Å². The van der Waals surface area contributed by atoms with E-state index in [1.54, 1.807) is 16.8 Å². The Labute approximate surface area is 266 Å². The Balaban J connectivity index is 1.29. The van der Waals surface area contributed by atoms with Crippen LogP contribution in [0.25, 0.3) is 10.9 Å². The van der Waals surface area contributed by atoms with E-state index in [0.29, 0.717) is 42.6 Å². The molecule has 0 unspecified atom stereocenters. The van der Waals surface area contributed by atoms with Crippen LogP contribution in [0.4, 0.5) is 11.8 Å². The number of aromatic nitrogens is 3. The Hall–Kier alpha value is -2.86. The van der Waals surface area contributed by atoms with Gasteiger partial charge in [0.1, 0.15) is 11.2 Å². The topological polar surface area (TPSA) is 148 Å².